The standard InChI is InChI=1S/C19H17FN2O4S/c1-2-22-14-9-15-16(25-8-7-24-15)10-17(14)27-19(22)21-18(23)11-26-13-5-3-12(20)4-6-13/h3-6,9-10H,2,7-8,11H2,1H3. The Bertz CT molecular complexity index is 1060. The number of thiazole rings is 1. The first kappa shape index (κ1) is 17.5. The maximum absolute atomic E-state index is 12.9. The van der Waals surface area contributed by atoms with E-state index in [-0.39, 0.29) is 12.4 Å². The largest absolute Gasteiger partial charge is 0.486 e. The molecule has 0 spiro atoms. The van der Waals surface area contributed by atoms with Crippen LogP contribution in [0.1, 0.15) is 6.92 Å². The fraction of sp³-hybridized carbons (Fsp3) is 0.263. The second-order valence-electron chi connectivity index (χ2n) is 5.84. The first-order chi connectivity index (χ1) is 13.1. The van der Waals surface area contributed by atoms with Gasteiger partial charge in [0.15, 0.2) is 22.9 Å². The summed E-state index contributed by atoms with van der Waals surface area (Å²) in [5.74, 6) is 1.05. The molecule has 27 heavy (non-hydrogen) atoms. The number of hydrogen-bond acceptors (Lipinski definition) is 5. The summed E-state index contributed by atoms with van der Waals surface area (Å²) in [7, 11) is 0. The summed E-state index contributed by atoms with van der Waals surface area (Å²) in [6.07, 6.45) is 0. The number of amides is 1. The van der Waals surface area contributed by atoms with Crippen LogP contribution in [0, 0.1) is 5.82 Å². The maximum atomic E-state index is 12.9. The first-order valence-electron chi connectivity index (χ1n) is 8.53. The Morgan fingerprint density at radius 1 is 1.22 bits per heavy atom. The highest BCUT2D eigenvalue weighted by Gasteiger charge is 2.16. The fourth-order valence-electron chi connectivity index (χ4n) is 2.81. The molecule has 1 aliphatic rings. The Kier molecular flexibility index (Phi) is 4.81. The third-order valence-electron chi connectivity index (χ3n) is 4.06. The van der Waals surface area contributed by atoms with Crippen LogP contribution in [0.15, 0.2) is 41.4 Å². The highest BCUT2D eigenvalue weighted by molar-refractivity contribution is 7.16. The van der Waals surface area contributed by atoms with Crippen LogP contribution in [-0.2, 0) is 11.3 Å². The third-order valence-corrected chi connectivity index (χ3v) is 5.10. The van der Waals surface area contributed by atoms with Gasteiger partial charge in [-0.15, -0.1) is 0 Å². The monoisotopic (exact) mass is 388 g/mol. The molecule has 3 aromatic rings. The molecule has 0 fully saturated rings. The molecule has 4 rings (SSSR count). The number of ether oxygens (including phenoxy) is 3. The van der Waals surface area contributed by atoms with Crippen molar-refractivity contribution in [3.8, 4) is 17.2 Å². The molecule has 0 atom stereocenters. The molecule has 0 unspecified atom stereocenters. The fourth-order valence-corrected chi connectivity index (χ4v) is 3.93. The van der Waals surface area contributed by atoms with E-state index in [1.807, 2.05) is 23.6 Å². The molecule has 0 N–H and O–H groups in total. The van der Waals surface area contributed by atoms with Crippen LogP contribution in [0.4, 0.5) is 4.39 Å². The van der Waals surface area contributed by atoms with Crippen molar-refractivity contribution in [3.05, 3.63) is 47.0 Å². The van der Waals surface area contributed by atoms with Gasteiger partial charge in [-0.1, -0.05) is 11.3 Å². The Morgan fingerprint density at radius 2 is 1.93 bits per heavy atom. The minimum Gasteiger partial charge on any atom is -0.486 e. The van der Waals surface area contributed by atoms with E-state index in [9.17, 15) is 9.18 Å². The van der Waals surface area contributed by atoms with Crippen molar-refractivity contribution < 1.29 is 23.4 Å². The maximum Gasteiger partial charge on any atom is 0.286 e. The second-order valence-corrected chi connectivity index (χ2v) is 6.85. The van der Waals surface area contributed by atoms with E-state index in [4.69, 9.17) is 14.2 Å². The summed E-state index contributed by atoms with van der Waals surface area (Å²) in [6, 6.07) is 9.33. The highest BCUT2D eigenvalue weighted by atomic mass is 32.1. The molecule has 8 heteroatoms. The van der Waals surface area contributed by atoms with E-state index < -0.39 is 5.91 Å². The molecule has 0 bridgehead atoms. The van der Waals surface area contributed by atoms with Gasteiger partial charge in [-0.25, -0.2) is 4.39 Å². The Morgan fingerprint density at radius 3 is 2.63 bits per heavy atom. The summed E-state index contributed by atoms with van der Waals surface area (Å²) in [5, 5.41) is 0. The molecule has 0 saturated carbocycles. The average molecular weight is 388 g/mol. The van der Waals surface area contributed by atoms with E-state index in [1.165, 1.54) is 35.6 Å². The number of carbonyl (C=O) groups excluding carboxylic acids is 1. The van der Waals surface area contributed by atoms with Crippen LogP contribution >= 0.6 is 11.3 Å². The van der Waals surface area contributed by atoms with E-state index >= 15 is 0 Å². The quantitative estimate of drug-likeness (QED) is 0.689. The van der Waals surface area contributed by atoms with Crippen LogP contribution in [-0.4, -0.2) is 30.3 Å². The third kappa shape index (κ3) is 3.66. The van der Waals surface area contributed by atoms with E-state index in [0.29, 0.717) is 41.8 Å². The van der Waals surface area contributed by atoms with Gasteiger partial charge in [0, 0.05) is 18.7 Å². The number of halogens is 1. The zero-order valence-electron chi connectivity index (χ0n) is 14.6. The first-order valence-corrected chi connectivity index (χ1v) is 9.34. The number of aromatic nitrogens is 1. The zero-order valence-corrected chi connectivity index (χ0v) is 15.4. The van der Waals surface area contributed by atoms with Gasteiger partial charge in [-0.05, 0) is 31.2 Å². The van der Waals surface area contributed by atoms with Crippen LogP contribution in [0.2, 0.25) is 0 Å². The smallest absolute Gasteiger partial charge is 0.286 e. The van der Waals surface area contributed by atoms with Crippen LogP contribution in [0.25, 0.3) is 10.2 Å². The van der Waals surface area contributed by atoms with Crippen molar-refractivity contribution >= 4 is 27.5 Å². The molecule has 140 valence electrons. The summed E-state index contributed by atoms with van der Waals surface area (Å²) in [4.78, 5) is 17.0. The molecular formula is C19H17FN2O4S. The number of rotatable bonds is 4. The average Bonchev–Trinajstić information content (AvgIpc) is 3.01. The van der Waals surface area contributed by atoms with Crippen molar-refractivity contribution in [2.75, 3.05) is 19.8 Å². The number of hydrogen-bond donors (Lipinski definition) is 0. The predicted molar refractivity (Wildman–Crippen MR) is 98.9 cm³/mol. The lowest BCUT2D eigenvalue weighted by molar-refractivity contribution is -0.120. The minimum atomic E-state index is -0.412. The molecule has 1 aliphatic heterocycles. The lowest BCUT2D eigenvalue weighted by atomic mass is 10.2. The van der Waals surface area contributed by atoms with Crippen LogP contribution in [0.3, 0.4) is 0 Å². The normalized spacial score (nSPS) is 13.8. The van der Waals surface area contributed by atoms with Gasteiger partial charge in [0.05, 0.1) is 10.2 Å². The van der Waals surface area contributed by atoms with Crippen molar-refractivity contribution in [3.63, 3.8) is 0 Å². The second kappa shape index (κ2) is 7.40. The van der Waals surface area contributed by atoms with Gasteiger partial charge in [-0.2, -0.15) is 4.99 Å². The Hall–Kier alpha value is -2.87. The van der Waals surface area contributed by atoms with Crippen molar-refractivity contribution in [2.45, 2.75) is 13.5 Å². The lowest BCUT2D eigenvalue weighted by Crippen LogP contribution is -2.19. The molecule has 1 amide bonds. The molecular weight excluding hydrogens is 371 g/mol. The van der Waals surface area contributed by atoms with Gasteiger partial charge in [0.25, 0.3) is 5.91 Å². The van der Waals surface area contributed by atoms with Gasteiger partial charge in [-0.3, -0.25) is 4.79 Å². The molecule has 2 aromatic carbocycles. The van der Waals surface area contributed by atoms with Crippen LogP contribution < -0.4 is 19.0 Å². The molecule has 2 heterocycles. The summed E-state index contributed by atoms with van der Waals surface area (Å²) in [5.41, 5.74) is 0.942. The van der Waals surface area contributed by atoms with Gasteiger partial charge in [0.1, 0.15) is 24.8 Å². The van der Waals surface area contributed by atoms with Gasteiger partial charge in [0.2, 0.25) is 0 Å². The number of carbonyl (C=O) groups is 1. The van der Waals surface area contributed by atoms with Gasteiger partial charge >= 0.3 is 0 Å². The Balaban J connectivity index is 1.61. The zero-order chi connectivity index (χ0) is 18.8. The topological polar surface area (TPSA) is 62.1 Å². The number of benzene rings is 2. The molecule has 6 nitrogen and oxygen atoms in total. The molecule has 0 saturated heterocycles. The number of aryl methyl sites for hydroxylation is 1. The minimum absolute atomic E-state index is 0.216. The highest BCUT2D eigenvalue weighted by Crippen LogP contribution is 2.35. The van der Waals surface area contributed by atoms with Crippen molar-refractivity contribution in [1.82, 2.24) is 4.57 Å². The number of fused-ring (bicyclic) bond motifs is 2. The molecule has 0 aliphatic carbocycles. The summed E-state index contributed by atoms with van der Waals surface area (Å²) >= 11 is 1.41. The van der Waals surface area contributed by atoms with E-state index in [0.717, 1.165) is 10.2 Å². The lowest BCUT2D eigenvalue weighted by Gasteiger charge is -2.18. The molecule has 0 radical (unpaired) electrons. The summed E-state index contributed by atoms with van der Waals surface area (Å²) < 4.78 is 32.5. The van der Waals surface area contributed by atoms with Crippen molar-refractivity contribution in [2.24, 2.45) is 4.99 Å². The van der Waals surface area contributed by atoms with E-state index in [2.05, 4.69) is 4.99 Å². The molecule has 1 aromatic heterocycles. The SMILES string of the molecule is CCn1c(=NC(=O)COc2ccc(F)cc2)sc2cc3c(cc21)OCCO3. The van der Waals surface area contributed by atoms with Crippen molar-refractivity contribution in [1.29, 1.82) is 0 Å². The summed E-state index contributed by atoms with van der Waals surface area (Å²) in [6.45, 7) is 3.47. The van der Waals surface area contributed by atoms with E-state index in [1.54, 1.807) is 0 Å². The van der Waals surface area contributed by atoms with Gasteiger partial charge < -0.3 is 18.8 Å². The Labute approximate surface area is 158 Å². The predicted octanol–water partition coefficient (Wildman–Crippen LogP) is 3.14. The van der Waals surface area contributed by atoms with Crippen LogP contribution in [0.5, 0.6) is 17.2 Å². The number of nitrogens with zero attached hydrogens (tertiary/aromatic N) is 2.